The van der Waals surface area contributed by atoms with E-state index in [1.54, 1.807) is 6.92 Å². The number of alkyl halides is 3. The molecule has 1 N–H and O–H groups in total. The molecule has 1 aromatic heterocycles. The van der Waals surface area contributed by atoms with Gasteiger partial charge in [-0.3, -0.25) is 0 Å². The van der Waals surface area contributed by atoms with Gasteiger partial charge in [0.1, 0.15) is 10.0 Å². The predicted molar refractivity (Wildman–Crippen MR) is 51.6 cm³/mol. The zero-order chi connectivity index (χ0) is 11.5. The molecule has 0 amide bonds. The fourth-order valence-corrected chi connectivity index (χ4v) is 1.75. The second kappa shape index (κ2) is 4.89. The van der Waals surface area contributed by atoms with Crippen molar-refractivity contribution in [2.75, 3.05) is 0 Å². The van der Waals surface area contributed by atoms with E-state index >= 15 is 0 Å². The fraction of sp³-hybridized carbons (Fsp3) is 0.750. The van der Waals surface area contributed by atoms with Crippen molar-refractivity contribution < 1.29 is 13.2 Å². The molecule has 1 aromatic rings. The predicted octanol–water partition coefficient (Wildman–Crippen LogP) is 2.28. The van der Waals surface area contributed by atoms with E-state index in [-0.39, 0.29) is 0 Å². The lowest BCUT2D eigenvalue weighted by Crippen LogP contribution is -2.30. The Morgan fingerprint density at radius 1 is 1.40 bits per heavy atom. The molecule has 1 heterocycles. The zero-order valence-corrected chi connectivity index (χ0v) is 9.24. The summed E-state index contributed by atoms with van der Waals surface area (Å²) in [7, 11) is 0. The van der Waals surface area contributed by atoms with Crippen LogP contribution in [0.2, 0.25) is 0 Å². The van der Waals surface area contributed by atoms with Gasteiger partial charge in [0.2, 0.25) is 0 Å². The molecule has 0 saturated heterocycles. The number of halogens is 3. The van der Waals surface area contributed by atoms with Crippen LogP contribution in [-0.4, -0.2) is 22.4 Å². The van der Waals surface area contributed by atoms with Gasteiger partial charge in [-0.05, 0) is 13.8 Å². The molecular formula is C8H12F3N3S. The van der Waals surface area contributed by atoms with E-state index in [4.69, 9.17) is 0 Å². The van der Waals surface area contributed by atoms with Crippen LogP contribution in [0.3, 0.4) is 0 Å². The molecule has 0 fully saturated rings. The lowest BCUT2D eigenvalue weighted by molar-refractivity contribution is -0.139. The van der Waals surface area contributed by atoms with Crippen molar-refractivity contribution >= 4 is 11.3 Å². The van der Waals surface area contributed by atoms with Crippen LogP contribution in [0.15, 0.2) is 0 Å². The van der Waals surface area contributed by atoms with Crippen molar-refractivity contribution in [3.63, 3.8) is 0 Å². The highest BCUT2D eigenvalue weighted by molar-refractivity contribution is 7.11. The number of hydrogen-bond donors (Lipinski definition) is 1. The fourth-order valence-electron chi connectivity index (χ4n) is 1.09. The molecule has 7 heteroatoms. The molecule has 86 valence electrons. The first kappa shape index (κ1) is 12.4. The molecule has 15 heavy (non-hydrogen) atoms. The molecule has 3 nitrogen and oxygen atoms in total. The zero-order valence-electron chi connectivity index (χ0n) is 8.43. The average molecular weight is 239 g/mol. The Bertz CT molecular complexity index is 310. The van der Waals surface area contributed by atoms with Crippen LogP contribution in [0.1, 0.15) is 23.4 Å². The van der Waals surface area contributed by atoms with Gasteiger partial charge in [-0.2, -0.15) is 13.2 Å². The molecular weight excluding hydrogens is 227 g/mol. The van der Waals surface area contributed by atoms with E-state index in [9.17, 15) is 13.2 Å². The van der Waals surface area contributed by atoms with Gasteiger partial charge in [0, 0.05) is 12.6 Å². The molecule has 0 spiro atoms. The van der Waals surface area contributed by atoms with Crippen molar-refractivity contribution in [1.82, 2.24) is 15.5 Å². The molecule has 0 bridgehead atoms. The Hall–Kier alpha value is -0.690. The quantitative estimate of drug-likeness (QED) is 0.876. The van der Waals surface area contributed by atoms with Crippen LogP contribution in [0, 0.1) is 6.92 Å². The van der Waals surface area contributed by atoms with E-state index in [0.29, 0.717) is 11.6 Å². The third-order valence-corrected chi connectivity index (χ3v) is 2.55. The Balaban J connectivity index is 2.31. The third kappa shape index (κ3) is 5.08. The highest BCUT2D eigenvalue weighted by atomic mass is 32.1. The smallest absolute Gasteiger partial charge is 0.308 e. The maximum absolute atomic E-state index is 12.0. The van der Waals surface area contributed by atoms with Gasteiger partial charge in [-0.1, -0.05) is 0 Å². The average Bonchev–Trinajstić information content (AvgIpc) is 2.45. The Kier molecular flexibility index (Phi) is 4.04. The molecule has 0 aliphatic carbocycles. The van der Waals surface area contributed by atoms with Gasteiger partial charge in [-0.25, -0.2) is 0 Å². The number of hydrogen-bond acceptors (Lipinski definition) is 4. The molecule has 0 aromatic carbocycles. The molecule has 1 atom stereocenters. The van der Waals surface area contributed by atoms with E-state index in [1.165, 1.54) is 18.3 Å². The van der Waals surface area contributed by atoms with Crippen LogP contribution >= 0.6 is 11.3 Å². The van der Waals surface area contributed by atoms with Crippen molar-refractivity contribution in [1.29, 1.82) is 0 Å². The largest absolute Gasteiger partial charge is 0.390 e. The first-order valence-corrected chi connectivity index (χ1v) is 5.27. The van der Waals surface area contributed by atoms with Crippen molar-refractivity contribution in [3.05, 3.63) is 10.0 Å². The Labute approximate surface area is 89.7 Å². The normalized spacial score (nSPS) is 14.2. The van der Waals surface area contributed by atoms with Crippen molar-refractivity contribution in [3.8, 4) is 0 Å². The molecule has 0 radical (unpaired) electrons. The molecule has 0 aliphatic rings. The summed E-state index contributed by atoms with van der Waals surface area (Å²) in [6.45, 7) is 3.64. The summed E-state index contributed by atoms with van der Waals surface area (Å²) in [4.78, 5) is 0. The molecule has 1 unspecified atom stereocenters. The summed E-state index contributed by atoms with van der Waals surface area (Å²) in [6.07, 6.45) is -4.95. The molecule has 0 saturated carbocycles. The second-order valence-electron chi connectivity index (χ2n) is 3.32. The van der Waals surface area contributed by atoms with Gasteiger partial charge < -0.3 is 5.32 Å². The van der Waals surface area contributed by atoms with Crippen molar-refractivity contribution in [2.24, 2.45) is 0 Å². The van der Waals surface area contributed by atoms with Gasteiger partial charge in [0.05, 0.1) is 6.42 Å². The van der Waals surface area contributed by atoms with Gasteiger partial charge in [-0.15, -0.1) is 21.5 Å². The highest BCUT2D eigenvalue weighted by Crippen LogP contribution is 2.21. The Morgan fingerprint density at radius 3 is 2.53 bits per heavy atom. The minimum Gasteiger partial charge on any atom is -0.308 e. The Morgan fingerprint density at radius 2 is 2.07 bits per heavy atom. The lowest BCUT2D eigenvalue weighted by atomic mass is 10.2. The summed E-state index contributed by atoms with van der Waals surface area (Å²) >= 11 is 1.38. The first-order valence-electron chi connectivity index (χ1n) is 4.46. The summed E-state index contributed by atoms with van der Waals surface area (Å²) < 4.78 is 35.9. The number of aryl methyl sites for hydroxylation is 1. The molecule has 1 rings (SSSR count). The number of nitrogens with zero attached hydrogens (tertiary/aromatic N) is 2. The van der Waals surface area contributed by atoms with Crippen LogP contribution in [0.4, 0.5) is 13.2 Å². The summed E-state index contributed by atoms with van der Waals surface area (Å²) in [6, 6.07) is -0.603. The topological polar surface area (TPSA) is 37.8 Å². The maximum atomic E-state index is 12.0. The van der Waals surface area contributed by atoms with Crippen LogP contribution in [0.25, 0.3) is 0 Å². The number of nitrogens with one attached hydrogen (secondary N) is 1. The maximum Gasteiger partial charge on any atom is 0.390 e. The summed E-state index contributed by atoms with van der Waals surface area (Å²) in [5.74, 6) is 0. The second-order valence-corrected chi connectivity index (χ2v) is 4.58. The van der Waals surface area contributed by atoms with Crippen LogP contribution in [0.5, 0.6) is 0 Å². The van der Waals surface area contributed by atoms with Crippen LogP contribution in [-0.2, 0) is 6.54 Å². The minimum absolute atomic E-state index is 0.336. The van der Waals surface area contributed by atoms with Crippen LogP contribution < -0.4 is 5.32 Å². The van der Waals surface area contributed by atoms with Gasteiger partial charge in [0.15, 0.2) is 0 Å². The SMILES string of the molecule is Cc1nnc(CNC(C)CC(F)(F)F)s1. The van der Waals surface area contributed by atoms with E-state index in [1.807, 2.05) is 0 Å². The van der Waals surface area contributed by atoms with E-state index < -0.39 is 18.6 Å². The lowest BCUT2D eigenvalue weighted by Gasteiger charge is -2.14. The van der Waals surface area contributed by atoms with E-state index in [2.05, 4.69) is 15.5 Å². The minimum atomic E-state index is -4.12. The number of aromatic nitrogens is 2. The summed E-state index contributed by atoms with van der Waals surface area (Å²) in [5.41, 5.74) is 0. The first-order chi connectivity index (χ1) is 6.87. The van der Waals surface area contributed by atoms with Gasteiger partial charge in [0.25, 0.3) is 0 Å². The number of rotatable bonds is 4. The third-order valence-electron chi connectivity index (χ3n) is 1.71. The standard InChI is InChI=1S/C8H12F3N3S/c1-5(3-8(9,10)11)12-4-7-14-13-6(2)15-7/h5,12H,3-4H2,1-2H3. The highest BCUT2D eigenvalue weighted by Gasteiger charge is 2.29. The summed E-state index contributed by atoms with van der Waals surface area (Å²) in [5, 5.41) is 11.9. The monoisotopic (exact) mass is 239 g/mol. The van der Waals surface area contributed by atoms with Gasteiger partial charge >= 0.3 is 6.18 Å². The molecule has 0 aliphatic heterocycles. The van der Waals surface area contributed by atoms with E-state index in [0.717, 1.165) is 5.01 Å². The van der Waals surface area contributed by atoms with Crippen molar-refractivity contribution in [2.45, 2.75) is 39.0 Å².